The number of nitrogens with one attached hydrogen (secondary N) is 1. The van der Waals surface area contributed by atoms with Crippen molar-refractivity contribution in [2.75, 3.05) is 28.7 Å². The maximum Gasteiger partial charge on any atom is 0.335 e. The molecule has 2 aliphatic carbocycles. The molecule has 9 heteroatoms. The van der Waals surface area contributed by atoms with Crippen LogP contribution in [0.4, 0.5) is 27.5 Å². The minimum absolute atomic E-state index is 0.0934. The Hall–Kier alpha value is -3.23. The molecule has 0 atom stereocenters. The second-order valence-corrected chi connectivity index (χ2v) is 9.09. The Bertz CT molecular complexity index is 1080. The van der Waals surface area contributed by atoms with Gasteiger partial charge in [-0.1, -0.05) is 19.3 Å². The quantitative estimate of drug-likeness (QED) is 0.744. The molecular formula is C23H26FN5O3. The van der Waals surface area contributed by atoms with Crippen LogP contribution in [0, 0.1) is 11.2 Å². The van der Waals surface area contributed by atoms with Crippen LogP contribution in [-0.4, -0.2) is 46.6 Å². The average molecular weight is 439 g/mol. The van der Waals surface area contributed by atoms with Crippen LogP contribution in [0.1, 0.15) is 55.3 Å². The molecule has 2 aromatic rings. The minimum Gasteiger partial charge on any atom is -0.478 e. The number of amides is 1. The molecule has 5 rings (SSSR count). The monoisotopic (exact) mass is 439 g/mol. The third-order valence-corrected chi connectivity index (χ3v) is 7.15. The maximum absolute atomic E-state index is 14.4. The van der Waals surface area contributed by atoms with E-state index in [0.717, 1.165) is 51.0 Å². The molecule has 0 bridgehead atoms. The fourth-order valence-electron chi connectivity index (χ4n) is 5.17. The molecule has 1 aromatic carbocycles. The normalized spacial score (nSPS) is 20.1. The molecular weight excluding hydrogens is 413 g/mol. The van der Waals surface area contributed by atoms with E-state index in [1.165, 1.54) is 12.1 Å². The van der Waals surface area contributed by atoms with E-state index in [2.05, 4.69) is 15.2 Å². The highest BCUT2D eigenvalue weighted by atomic mass is 19.1. The zero-order chi connectivity index (χ0) is 22.5. The van der Waals surface area contributed by atoms with Gasteiger partial charge in [0.2, 0.25) is 11.9 Å². The lowest BCUT2D eigenvalue weighted by Crippen LogP contribution is -2.52. The van der Waals surface area contributed by atoms with Gasteiger partial charge in [-0.3, -0.25) is 4.79 Å². The summed E-state index contributed by atoms with van der Waals surface area (Å²) in [5.74, 6) is -0.876. The first-order valence-electron chi connectivity index (χ1n) is 11.1. The van der Waals surface area contributed by atoms with Gasteiger partial charge in [-0.15, -0.1) is 0 Å². The Balaban J connectivity index is 1.52. The molecule has 1 spiro atoms. The summed E-state index contributed by atoms with van der Waals surface area (Å²) in [7, 11) is 1.78. The van der Waals surface area contributed by atoms with Crippen LogP contribution in [0.3, 0.4) is 0 Å². The van der Waals surface area contributed by atoms with E-state index < -0.39 is 11.8 Å². The number of anilines is 4. The van der Waals surface area contributed by atoms with Gasteiger partial charge in [0.05, 0.1) is 22.9 Å². The summed E-state index contributed by atoms with van der Waals surface area (Å²) in [6.07, 6.45) is 8.87. The van der Waals surface area contributed by atoms with Crippen molar-refractivity contribution in [3.8, 4) is 0 Å². The van der Waals surface area contributed by atoms with Gasteiger partial charge in [-0.05, 0) is 43.9 Å². The van der Waals surface area contributed by atoms with Gasteiger partial charge < -0.3 is 20.2 Å². The van der Waals surface area contributed by atoms with Crippen molar-refractivity contribution in [3.63, 3.8) is 0 Å². The number of carboxylic acids is 1. The lowest BCUT2D eigenvalue weighted by Gasteiger charge is -2.44. The van der Waals surface area contributed by atoms with Gasteiger partial charge in [-0.25, -0.2) is 14.2 Å². The molecule has 0 saturated heterocycles. The SMILES string of the molecule is CN1C(=O)C2(CCC2)CN(C2CCCC2)c2nc(Nc3ccc(C(=O)O)cc3F)ncc21. The standard InChI is InChI=1S/C23H26FN5O3/c1-28-18-12-25-22(26-17-8-7-14(20(30)31)11-16(17)24)27-19(18)29(15-5-2-3-6-15)13-23(21(28)32)9-4-10-23/h7-8,11-12,15H,2-6,9-10,13H2,1H3,(H,30,31)(H,25,26,27). The molecule has 32 heavy (non-hydrogen) atoms. The predicted molar refractivity (Wildman–Crippen MR) is 118 cm³/mol. The van der Waals surface area contributed by atoms with Gasteiger partial charge in [0.15, 0.2) is 5.82 Å². The van der Waals surface area contributed by atoms with E-state index in [1.54, 1.807) is 18.1 Å². The number of hydrogen-bond donors (Lipinski definition) is 2. The van der Waals surface area contributed by atoms with Crippen molar-refractivity contribution >= 4 is 35.0 Å². The van der Waals surface area contributed by atoms with Crippen LogP contribution >= 0.6 is 0 Å². The number of carboxylic acid groups (broad SMARTS) is 1. The summed E-state index contributed by atoms with van der Waals surface area (Å²) in [6, 6.07) is 3.97. The molecule has 168 valence electrons. The molecule has 1 aliphatic heterocycles. The minimum atomic E-state index is -1.19. The van der Waals surface area contributed by atoms with Crippen molar-refractivity contribution in [1.29, 1.82) is 0 Å². The molecule has 2 fully saturated rings. The van der Waals surface area contributed by atoms with Crippen LogP contribution in [0.25, 0.3) is 0 Å². The Labute approximate surface area is 185 Å². The highest BCUT2D eigenvalue weighted by Crippen LogP contribution is 2.49. The van der Waals surface area contributed by atoms with Crippen LogP contribution in [-0.2, 0) is 4.79 Å². The second-order valence-electron chi connectivity index (χ2n) is 9.09. The lowest BCUT2D eigenvalue weighted by atomic mass is 9.67. The van der Waals surface area contributed by atoms with Crippen LogP contribution in [0.2, 0.25) is 0 Å². The molecule has 8 nitrogen and oxygen atoms in total. The molecule has 2 saturated carbocycles. The van der Waals surface area contributed by atoms with Gasteiger partial charge in [0, 0.05) is 19.6 Å². The smallest absolute Gasteiger partial charge is 0.335 e. The summed E-state index contributed by atoms with van der Waals surface area (Å²) in [5.41, 5.74) is 0.257. The molecule has 1 amide bonds. The Morgan fingerprint density at radius 1 is 1.25 bits per heavy atom. The van der Waals surface area contributed by atoms with Crippen molar-refractivity contribution in [2.45, 2.75) is 51.0 Å². The average Bonchev–Trinajstić information content (AvgIpc) is 3.25. The van der Waals surface area contributed by atoms with Gasteiger partial charge in [0.1, 0.15) is 11.5 Å². The summed E-state index contributed by atoms with van der Waals surface area (Å²) in [6.45, 7) is 0.645. The van der Waals surface area contributed by atoms with Gasteiger partial charge in [-0.2, -0.15) is 4.98 Å². The number of fused-ring (bicyclic) bond motifs is 1. The van der Waals surface area contributed by atoms with Crippen molar-refractivity contribution in [1.82, 2.24) is 9.97 Å². The van der Waals surface area contributed by atoms with Gasteiger partial charge in [0.25, 0.3) is 0 Å². The van der Waals surface area contributed by atoms with Crippen molar-refractivity contribution in [3.05, 3.63) is 35.8 Å². The molecule has 1 aromatic heterocycles. The number of nitrogens with zero attached hydrogens (tertiary/aromatic N) is 4. The second kappa shape index (κ2) is 7.72. The number of rotatable bonds is 4. The molecule has 3 aliphatic rings. The summed E-state index contributed by atoms with van der Waals surface area (Å²) in [5, 5.41) is 11.9. The number of carbonyl (C=O) groups excluding carboxylic acids is 1. The number of aromatic carboxylic acids is 1. The fraction of sp³-hybridized carbons (Fsp3) is 0.478. The Kier molecular flexibility index (Phi) is 4.98. The maximum atomic E-state index is 14.4. The highest BCUT2D eigenvalue weighted by Gasteiger charge is 2.51. The van der Waals surface area contributed by atoms with E-state index in [4.69, 9.17) is 10.1 Å². The van der Waals surface area contributed by atoms with Gasteiger partial charge >= 0.3 is 5.97 Å². The summed E-state index contributed by atoms with van der Waals surface area (Å²) >= 11 is 0. The van der Waals surface area contributed by atoms with Crippen molar-refractivity contribution < 1.29 is 19.1 Å². The first-order valence-corrected chi connectivity index (χ1v) is 11.1. The topological polar surface area (TPSA) is 98.7 Å². The highest BCUT2D eigenvalue weighted by molar-refractivity contribution is 6.01. The largest absolute Gasteiger partial charge is 0.478 e. The number of halogens is 1. The number of hydrogen-bond acceptors (Lipinski definition) is 6. The van der Waals surface area contributed by atoms with E-state index >= 15 is 0 Å². The molecule has 0 unspecified atom stereocenters. The number of aromatic nitrogens is 2. The van der Waals surface area contributed by atoms with Crippen molar-refractivity contribution in [2.24, 2.45) is 5.41 Å². The summed E-state index contributed by atoms with van der Waals surface area (Å²) < 4.78 is 14.4. The fourth-order valence-corrected chi connectivity index (χ4v) is 5.17. The first-order chi connectivity index (χ1) is 15.4. The zero-order valence-electron chi connectivity index (χ0n) is 18.0. The van der Waals surface area contributed by atoms with E-state index in [0.29, 0.717) is 24.1 Å². The third kappa shape index (κ3) is 3.36. The zero-order valence-corrected chi connectivity index (χ0v) is 18.0. The number of carbonyl (C=O) groups is 2. The molecule has 2 heterocycles. The Morgan fingerprint density at radius 2 is 2.00 bits per heavy atom. The first kappa shape index (κ1) is 20.7. The molecule has 2 N–H and O–H groups in total. The molecule has 0 radical (unpaired) electrons. The van der Waals surface area contributed by atoms with Crippen LogP contribution < -0.4 is 15.1 Å². The van der Waals surface area contributed by atoms with E-state index in [-0.39, 0.29) is 28.5 Å². The van der Waals surface area contributed by atoms with E-state index in [9.17, 15) is 14.0 Å². The summed E-state index contributed by atoms with van der Waals surface area (Å²) in [4.78, 5) is 37.4. The van der Waals surface area contributed by atoms with E-state index in [1.807, 2.05) is 0 Å². The number of benzene rings is 1. The predicted octanol–water partition coefficient (Wildman–Crippen LogP) is 3.95. The lowest BCUT2D eigenvalue weighted by molar-refractivity contribution is -0.131. The third-order valence-electron chi connectivity index (χ3n) is 7.15. The van der Waals surface area contributed by atoms with Crippen LogP contribution in [0.5, 0.6) is 0 Å². The Morgan fingerprint density at radius 3 is 2.62 bits per heavy atom. The van der Waals surface area contributed by atoms with Crippen LogP contribution in [0.15, 0.2) is 24.4 Å².